The van der Waals surface area contributed by atoms with Crippen molar-refractivity contribution in [1.82, 2.24) is 9.55 Å². The molecule has 1 aromatic rings. The van der Waals surface area contributed by atoms with Gasteiger partial charge in [-0.2, -0.15) is 4.98 Å². The number of ether oxygens (including phenoxy) is 1. The highest BCUT2D eigenvalue weighted by Gasteiger charge is 2.21. The molecule has 7 nitrogen and oxygen atoms in total. The third-order valence-corrected chi connectivity index (χ3v) is 2.61. The number of anilines is 1. The average Bonchev–Trinajstić information content (AvgIpc) is 2.31. The fourth-order valence-electron chi connectivity index (χ4n) is 1.33. The number of nitrogen functional groups attached to an aromatic ring is 1. The number of halogens is 1. The first-order valence-corrected chi connectivity index (χ1v) is 5.88. The van der Waals surface area contributed by atoms with Gasteiger partial charge in [-0.15, -0.1) is 11.6 Å². The highest BCUT2D eigenvalue weighted by molar-refractivity contribution is 6.18. The molecule has 0 aliphatic rings. The standard InChI is InChI=1S/C10H16ClN3O4/c1-6(16)7(5-15)18-9(4-11)14-3-2-8(12)13-10(14)17/h2-3,6-7,9,15-16H,4-5H2,1H3,(H2,12,13,17)/t6?,7-,9+/m1/s1. The van der Waals surface area contributed by atoms with Crippen molar-refractivity contribution in [1.29, 1.82) is 0 Å². The van der Waals surface area contributed by atoms with Crippen LogP contribution in [0.15, 0.2) is 17.1 Å². The monoisotopic (exact) mass is 277 g/mol. The molecule has 1 aromatic heterocycles. The van der Waals surface area contributed by atoms with Crippen LogP contribution in [0.2, 0.25) is 0 Å². The second kappa shape index (κ2) is 6.69. The summed E-state index contributed by atoms with van der Waals surface area (Å²) in [4.78, 5) is 15.1. The summed E-state index contributed by atoms with van der Waals surface area (Å²) in [5.74, 6) is 0.0631. The van der Waals surface area contributed by atoms with E-state index in [1.54, 1.807) is 0 Å². The highest BCUT2D eigenvalue weighted by atomic mass is 35.5. The molecule has 0 amide bonds. The van der Waals surface area contributed by atoms with E-state index in [2.05, 4.69) is 4.98 Å². The van der Waals surface area contributed by atoms with E-state index in [4.69, 9.17) is 27.2 Å². The van der Waals surface area contributed by atoms with E-state index in [1.807, 2.05) is 0 Å². The Labute approximate surface area is 109 Å². The topological polar surface area (TPSA) is 111 Å². The van der Waals surface area contributed by atoms with Gasteiger partial charge in [-0.05, 0) is 13.0 Å². The Kier molecular flexibility index (Phi) is 5.54. The Hall–Kier alpha value is -1.15. The number of nitrogens with two attached hydrogens (primary N) is 1. The number of hydrogen-bond acceptors (Lipinski definition) is 6. The molecule has 0 fully saturated rings. The fourth-order valence-corrected chi connectivity index (χ4v) is 1.55. The van der Waals surface area contributed by atoms with Gasteiger partial charge in [0.1, 0.15) is 11.9 Å². The molecule has 0 bridgehead atoms. The first-order chi connectivity index (χ1) is 8.49. The fraction of sp³-hybridized carbons (Fsp3) is 0.600. The van der Waals surface area contributed by atoms with Crippen molar-refractivity contribution in [3.8, 4) is 0 Å². The van der Waals surface area contributed by atoms with Gasteiger partial charge < -0.3 is 20.7 Å². The lowest BCUT2D eigenvalue weighted by molar-refractivity contribution is -0.111. The van der Waals surface area contributed by atoms with E-state index in [1.165, 1.54) is 19.2 Å². The second-order valence-electron chi connectivity index (χ2n) is 3.75. The van der Waals surface area contributed by atoms with Crippen LogP contribution >= 0.6 is 11.6 Å². The molecule has 1 rings (SSSR count). The van der Waals surface area contributed by atoms with Gasteiger partial charge in [-0.1, -0.05) is 0 Å². The van der Waals surface area contributed by atoms with Gasteiger partial charge in [0.05, 0.1) is 18.6 Å². The van der Waals surface area contributed by atoms with E-state index >= 15 is 0 Å². The molecule has 0 aliphatic carbocycles. The van der Waals surface area contributed by atoms with Gasteiger partial charge in [-0.3, -0.25) is 4.57 Å². The minimum absolute atomic E-state index is 0.0330. The Morgan fingerprint density at radius 3 is 2.78 bits per heavy atom. The van der Waals surface area contributed by atoms with Crippen molar-refractivity contribution in [3.63, 3.8) is 0 Å². The molecule has 1 heterocycles. The van der Waals surface area contributed by atoms with Crippen LogP contribution in [0.25, 0.3) is 0 Å². The number of rotatable bonds is 6. The first-order valence-electron chi connectivity index (χ1n) is 5.34. The van der Waals surface area contributed by atoms with E-state index in [-0.39, 0.29) is 18.3 Å². The Bertz CT molecular complexity index is 437. The van der Waals surface area contributed by atoms with Gasteiger partial charge in [0.2, 0.25) is 0 Å². The van der Waals surface area contributed by atoms with E-state index in [0.29, 0.717) is 0 Å². The lowest BCUT2D eigenvalue weighted by Crippen LogP contribution is -2.37. The molecule has 18 heavy (non-hydrogen) atoms. The van der Waals surface area contributed by atoms with Crippen molar-refractivity contribution in [3.05, 3.63) is 22.7 Å². The summed E-state index contributed by atoms with van der Waals surface area (Å²) in [7, 11) is 0. The Morgan fingerprint density at radius 1 is 1.67 bits per heavy atom. The Morgan fingerprint density at radius 2 is 2.33 bits per heavy atom. The van der Waals surface area contributed by atoms with Crippen molar-refractivity contribution < 1.29 is 14.9 Å². The SMILES string of the molecule is CC(O)[C@@H](CO)O[C@@H](CCl)n1ccc(N)nc1=O. The minimum atomic E-state index is -0.891. The third-order valence-electron chi connectivity index (χ3n) is 2.34. The second-order valence-corrected chi connectivity index (χ2v) is 4.06. The molecule has 3 atom stereocenters. The number of aliphatic hydroxyl groups excluding tert-OH is 2. The maximum absolute atomic E-state index is 11.6. The molecule has 1 unspecified atom stereocenters. The van der Waals surface area contributed by atoms with Crippen LogP contribution in [0, 0.1) is 0 Å². The van der Waals surface area contributed by atoms with Crippen LogP contribution in [-0.2, 0) is 4.74 Å². The molecule has 8 heteroatoms. The van der Waals surface area contributed by atoms with Gasteiger partial charge in [-0.25, -0.2) is 4.79 Å². The molecule has 0 radical (unpaired) electrons. The normalized spacial score (nSPS) is 16.2. The van der Waals surface area contributed by atoms with Crippen LogP contribution < -0.4 is 11.4 Å². The van der Waals surface area contributed by atoms with E-state index < -0.39 is 24.1 Å². The summed E-state index contributed by atoms with van der Waals surface area (Å²) in [5, 5.41) is 18.4. The van der Waals surface area contributed by atoms with E-state index in [0.717, 1.165) is 4.57 Å². The summed E-state index contributed by atoms with van der Waals surface area (Å²) in [5.41, 5.74) is 4.76. The smallest absolute Gasteiger partial charge is 0.351 e. The lowest BCUT2D eigenvalue weighted by Gasteiger charge is -2.25. The average molecular weight is 278 g/mol. The largest absolute Gasteiger partial charge is 0.394 e. The molecule has 102 valence electrons. The van der Waals surface area contributed by atoms with Gasteiger partial charge in [0.25, 0.3) is 0 Å². The molecular formula is C10H16ClN3O4. The Balaban J connectivity index is 2.92. The summed E-state index contributed by atoms with van der Waals surface area (Å²) in [6.45, 7) is 1.08. The highest BCUT2D eigenvalue weighted by Crippen LogP contribution is 2.13. The maximum atomic E-state index is 11.6. The quantitative estimate of drug-likeness (QED) is 0.594. The number of nitrogens with zero attached hydrogens (tertiary/aromatic N) is 2. The molecule has 0 aromatic carbocycles. The first kappa shape index (κ1) is 14.9. The molecular weight excluding hydrogens is 262 g/mol. The van der Waals surface area contributed by atoms with Crippen molar-refractivity contribution in [2.75, 3.05) is 18.2 Å². The summed E-state index contributed by atoms with van der Waals surface area (Å²) >= 11 is 5.71. The zero-order valence-electron chi connectivity index (χ0n) is 9.86. The summed E-state index contributed by atoms with van der Waals surface area (Å²) in [6.07, 6.45) is -1.16. The van der Waals surface area contributed by atoms with Gasteiger partial charge in [0, 0.05) is 6.20 Å². The molecule has 0 spiro atoms. The van der Waals surface area contributed by atoms with Crippen molar-refractivity contribution in [2.45, 2.75) is 25.4 Å². The van der Waals surface area contributed by atoms with Crippen molar-refractivity contribution >= 4 is 17.4 Å². The lowest BCUT2D eigenvalue weighted by atomic mass is 10.2. The summed E-state index contributed by atoms with van der Waals surface area (Å²) in [6, 6.07) is 1.43. The molecule has 0 saturated heterocycles. The zero-order chi connectivity index (χ0) is 13.7. The number of hydrogen-bond donors (Lipinski definition) is 3. The zero-order valence-corrected chi connectivity index (χ0v) is 10.6. The van der Waals surface area contributed by atoms with Crippen LogP contribution in [0.4, 0.5) is 5.82 Å². The number of alkyl halides is 1. The van der Waals surface area contributed by atoms with Crippen LogP contribution in [0.1, 0.15) is 13.2 Å². The number of aromatic nitrogens is 2. The third kappa shape index (κ3) is 3.67. The van der Waals surface area contributed by atoms with Crippen LogP contribution in [-0.4, -0.2) is 44.5 Å². The maximum Gasteiger partial charge on any atom is 0.351 e. The number of aliphatic hydroxyl groups is 2. The van der Waals surface area contributed by atoms with Crippen LogP contribution in [0.3, 0.4) is 0 Å². The predicted octanol–water partition coefficient (Wildman–Crippen LogP) is -0.679. The van der Waals surface area contributed by atoms with E-state index in [9.17, 15) is 9.90 Å². The molecule has 0 saturated carbocycles. The van der Waals surface area contributed by atoms with Crippen molar-refractivity contribution in [2.24, 2.45) is 0 Å². The molecule has 0 aliphatic heterocycles. The predicted molar refractivity (Wildman–Crippen MR) is 66.3 cm³/mol. The van der Waals surface area contributed by atoms with Gasteiger partial charge >= 0.3 is 5.69 Å². The minimum Gasteiger partial charge on any atom is -0.394 e. The van der Waals surface area contributed by atoms with Gasteiger partial charge in [0.15, 0.2) is 6.23 Å². The molecule has 4 N–H and O–H groups in total. The van der Waals surface area contributed by atoms with Crippen LogP contribution in [0.5, 0.6) is 0 Å². The summed E-state index contributed by atoms with van der Waals surface area (Å²) < 4.78 is 6.51.